The summed E-state index contributed by atoms with van der Waals surface area (Å²) in [6.07, 6.45) is 0. The zero-order chi connectivity index (χ0) is 41.0. The Kier molecular flexibility index (Phi) is 8.46. The van der Waals surface area contributed by atoms with Gasteiger partial charge in [-0.25, -0.2) is 9.97 Å². The molecule has 0 atom stereocenters. The Morgan fingerprint density at radius 3 is 1.21 bits per heavy atom. The summed E-state index contributed by atoms with van der Waals surface area (Å²) in [6.45, 7) is 0. The van der Waals surface area contributed by atoms with Gasteiger partial charge in [0.2, 0.25) is 0 Å². The average molecular weight is 791 g/mol. The van der Waals surface area contributed by atoms with E-state index < -0.39 is 0 Å². The van der Waals surface area contributed by atoms with Crippen LogP contribution in [0, 0.1) is 0 Å². The van der Waals surface area contributed by atoms with Gasteiger partial charge < -0.3 is 9.13 Å². The van der Waals surface area contributed by atoms with E-state index in [1.165, 1.54) is 54.8 Å². The van der Waals surface area contributed by atoms with Gasteiger partial charge in [0, 0.05) is 49.6 Å². The summed E-state index contributed by atoms with van der Waals surface area (Å²) in [7, 11) is 0. The van der Waals surface area contributed by atoms with Gasteiger partial charge in [-0.2, -0.15) is 0 Å². The molecule has 3 aromatic heterocycles. The summed E-state index contributed by atoms with van der Waals surface area (Å²) in [4.78, 5) is 10.5. The minimum atomic E-state index is 0.680. The van der Waals surface area contributed by atoms with Crippen molar-refractivity contribution in [3.8, 4) is 67.5 Å². The van der Waals surface area contributed by atoms with Gasteiger partial charge in [-0.1, -0.05) is 176 Å². The number of fused-ring (bicyclic) bond motifs is 7. The van der Waals surface area contributed by atoms with Crippen molar-refractivity contribution in [3.05, 3.63) is 231 Å². The smallest absolute Gasteiger partial charge is 0.160 e. The molecule has 3 heterocycles. The van der Waals surface area contributed by atoms with E-state index in [-0.39, 0.29) is 0 Å². The summed E-state index contributed by atoms with van der Waals surface area (Å²) in [6, 6.07) is 82.0. The molecule has 0 aliphatic rings. The highest BCUT2D eigenvalue weighted by atomic mass is 15.0. The van der Waals surface area contributed by atoms with Crippen LogP contribution in [0.15, 0.2) is 231 Å². The molecule has 0 bridgehead atoms. The Morgan fingerprint density at radius 2 is 0.661 bits per heavy atom. The molecule has 4 heteroatoms. The number of aromatic nitrogens is 4. The SMILES string of the molecule is c1ccc(-c2ccc(-c3cc(-c4ccccc4)nc(-c4cccc(-n5c6ccccc6c6c7c8ccccc8n(-c8ccc(-c9ccccc9)cc8)c7ccc65)c4)n3)cc2)cc1. The first-order valence-corrected chi connectivity index (χ1v) is 21.1. The van der Waals surface area contributed by atoms with Gasteiger partial charge in [0.15, 0.2) is 5.82 Å². The third-order valence-corrected chi connectivity index (χ3v) is 12.2. The fourth-order valence-corrected chi connectivity index (χ4v) is 9.24. The van der Waals surface area contributed by atoms with E-state index in [9.17, 15) is 0 Å². The molecular formula is C58H38N4. The van der Waals surface area contributed by atoms with E-state index in [1.54, 1.807) is 0 Å². The Bertz CT molecular complexity index is 3590. The second-order valence-corrected chi connectivity index (χ2v) is 15.8. The first-order valence-electron chi connectivity index (χ1n) is 21.1. The van der Waals surface area contributed by atoms with E-state index in [0.29, 0.717) is 5.82 Å². The summed E-state index contributed by atoms with van der Waals surface area (Å²) < 4.78 is 4.81. The van der Waals surface area contributed by atoms with Crippen LogP contribution in [0.25, 0.3) is 111 Å². The fraction of sp³-hybridized carbons (Fsp3) is 0. The quantitative estimate of drug-likeness (QED) is 0.161. The second-order valence-electron chi connectivity index (χ2n) is 15.8. The van der Waals surface area contributed by atoms with E-state index in [0.717, 1.165) is 50.5 Å². The van der Waals surface area contributed by atoms with Gasteiger partial charge in [-0.15, -0.1) is 0 Å². The molecule has 0 spiro atoms. The Morgan fingerprint density at radius 1 is 0.258 bits per heavy atom. The summed E-state index contributed by atoms with van der Waals surface area (Å²) in [5.41, 5.74) is 16.4. The normalized spacial score (nSPS) is 11.5. The third-order valence-electron chi connectivity index (χ3n) is 12.2. The van der Waals surface area contributed by atoms with Crippen LogP contribution < -0.4 is 0 Å². The molecule has 0 saturated carbocycles. The largest absolute Gasteiger partial charge is 0.309 e. The van der Waals surface area contributed by atoms with Crippen molar-refractivity contribution in [1.29, 1.82) is 0 Å². The molecular weight excluding hydrogens is 753 g/mol. The molecule has 9 aromatic carbocycles. The van der Waals surface area contributed by atoms with Crippen molar-refractivity contribution in [1.82, 2.24) is 19.1 Å². The maximum atomic E-state index is 5.25. The molecule has 0 aliphatic carbocycles. The van der Waals surface area contributed by atoms with E-state index in [2.05, 4.69) is 228 Å². The lowest BCUT2D eigenvalue weighted by Crippen LogP contribution is -1.98. The van der Waals surface area contributed by atoms with Crippen molar-refractivity contribution in [2.24, 2.45) is 0 Å². The van der Waals surface area contributed by atoms with Gasteiger partial charge in [0.25, 0.3) is 0 Å². The Balaban J connectivity index is 1.02. The van der Waals surface area contributed by atoms with Gasteiger partial charge in [0.1, 0.15) is 0 Å². The van der Waals surface area contributed by atoms with Crippen molar-refractivity contribution in [3.63, 3.8) is 0 Å². The minimum Gasteiger partial charge on any atom is -0.309 e. The van der Waals surface area contributed by atoms with Crippen LogP contribution in [-0.2, 0) is 0 Å². The maximum Gasteiger partial charge on any atom is 0.160 e. The first kappa shape index (κ1) is 35.6. The van der Waals surface area contributed by atoms with E-state index >= 15 is 0 Å². The van der Waals surface area contributed by atoms with Crippen molar-refractivity contribution < 1.29 is 0 Å². The van der Waals surface area contributed by atoms with Gasteiger partial charge in [-0.3, -0.25) is 0 Å². The molecule has 12 rings (SSSR count). The Labute approximate surface area is 359 Å². The first-order chi connectivity index (χ1) is 30.7. The molecule has 290 valence electrons. The molecule has 0 radical (unpaired) electrons. The zero-order valence-electron chi connectivity index (χ0n) is 33.7. The highest BCUT2D eigenvalue weighted by Crippen LogP contribution is 2.43. The highest BCUT2D eigenvalue weighted by Gasteiger charge is 2.21. The molecule has 0 saturated heterocycles. The maximum absolute atomic E-state index is 5.25. The predicted octanol–water partition coefficient (Wildman–Crippen LogP) is 15.0. The van der Waals surface area contributed by atoms with Crippen molar-refractivity contribution >= 4 is 43.6 Å². The average Bonchev–Trinajstić information content (AvgIpc) is 3.88. The van der Waals surface area contributed by atoms with Crippen LogP contribution in [0.5, 0.6) is 0 Å². The predicted molar refractivity (Wildman–Crippen MR) is 258 cm³/mol. The molecule has 12 aromatic rings. The molecule has 0 unspecified atom stereocenters. The number of nitrogens with zero attached hydrogens (tertiary/aromatic N) is 4. The lowest BCUT2D eigenvalue weighted by atomic mass is 10.0. The third kappa shape index (κ3) is 6.00. The van der Waals surface area contributed by atoms with E-state index in [1.807, 2.05) is 12.1 Å². The number of hydrogen-bond donors (Lipinski definition) is 0. The summed E-state index contributed by atoms with van der Waals surface area (Å²) in [5, 5.41) is 4.93. The van der Waals surface area contributed by atoms with Crippen molar-refractivity contribution in [2.75, 3.05) is 0 Å². The number of hydrogen-bond acceptors (Lipinski definition) is 2. The number of para-hydroxylation sites is 2. The van der Waals surface area contributed by atoms with Crippen LogP contribution in [-0.4, -0.2) is 19.1 Å². The van der Waals surface area contributed by atoms with Crippen LogP contribution in [0.2, 0.25) is 0 Å². The van der Waals surface area contributed by atoms with Crippen LogP contribution in [0.1, 0.15) is 0 Å². The minimum absolute atomic E-state index is 0.680. The van der Waals surface area contributed by atoms with Gasteiger partial charge >= 0.3 is 0 Å². The topological polar surface area (TPSA) is 35.6 Å². The van der Waals surface area contributed by atoms with E-state index in [4.69, 9.17) is 9.97 Å². The lowest BCUT2D eigenvalue weighted by molar-refractivity contribution is 1.16. The second kappa shape index (κ2) is 14.7. The molecule has 4 nitrogen and oxygen atoms in total. The fourth-order valence-electron chi connectivity index (χ4n) is 9.24. The number of rotatable bonds is 7. The standard InChI is InChI=1S/C58H38N4/c1-4-15-39(16-5-1)41-27-29-44(30-28-41)51-38-50(43-19-8-3-9-20-43)59-58(60-51)45-21-14-22-47(37-45)62-53-26-13-11-24-49(53)57-55(62)36-35-54-56(57)48-23-10-12-25-52(48)61(54)46-33-31-42(32-34-46)40-17-6-2-7-18-40/h1-38H. The monoisotopic (exact) mass is 790 g/mol. The van der Waals surface area contributed by atoms with Crippen molar-refractivity contribution in [2.45, 2.75) is 0 Å². The van der Waals surface area contributed by atoms with Crippen LogP contribution >= 0.6 is 0 Å². The van der Waals surface area contributed by atoms with Crippen LogP contribution in [0.3, 0.4) is 0 Å². The van der Waals surface area contributed by atoms with Gasteiger partial charge in [-0.05, 0) is 76.9 Å². The summed E-state index contributed by atoms with van der Waals surface area (Å²) in [5.74, 6) is 0.680. The zero-order valence-corrected chi connectivity index (χ0v) is 33.7. The molecule has 0 amide bonds. The molecule has 0 aliphatic heterocycles. The molecule has 62 heavy (non-hydrogen) atoms. The van der Waals surface area contributed by atoms with Crippen LogP contribution in [0.4, 0.5) is 0 Å². The Hall–Kier alpha value is -8.34. The highest BCUT2D eigenvalue weighted by molar-refractivity contribution is 6.28. The van der Waals surface area contributed by atoms with Gasteiger partial charge in [0.05, 0.1) is 33.5 Å². The number of benzene rings is 9. The molecule has 0 fully saturated rings. The lowest BCUT2D eigenvalue weighted by Gasteiger charge is -2.12. The summed E-state index contributed by atoms with van der Waals surface area (Å²) >= 11 is 0. The molecule has 0 N–H and O–H groups in total.